The number of benzene rings is 2. The first-order valence-corrected chi connectivity index (χ1v) is 12.3. The summed E-state index contributed by atoms with van der Waals surface area (Å²) in [6, 6.07) is 17.9. The van der Waals surface area contributed by atoms with Gasteiger partial charge in [-0.2, -0.15) is 0 Å². The quantitative estimate of drug-likeness (QED) is 0.448. The van der Waals surface area contributed by atoms with Crippen molar-refractivity contribution >= 4 is 16.8 Å². The first kappa shape index (κ1) is 23.1. The molecule has 6 nitrogen and oxygen atoms in total. The largest absolute Gasteiger partial charge is 0.393 e. The molecular formula is C28H34N2O4. The number of nitrogens with one attached hydrogen (secondary N) is 2. The Morgan fingerprint density at radius 1 is 1.15 bits per heavy atom. The predicted molar refractivity (Wildman–Crippen MR) is 132 cm³/mol. The van der Waals surface area contributed by atoms with Gasteiger partial charge < -0.3 is 25.3 Å². The van der Waals surface area contributed by atoms with Gasteiger partial charge in [0, 0.05) is 23.5 Å². The number of fused-ring (bicyclic) bond motifs is 3. The lowest BCUT2D eigenvalue weighted by Crippen LogP contribution is -2.58. The van der Waals surface area contributed by atoms with E-state index in [1.165, 1.54) is 5.56 Å². The molecule has 0 saturated carbocycles. The number of hydrogen-bond donors (Lipinski definition) is 4. The maximum absolute atomic E-state index is 12.9. The molecule has 4 N–H and O–H groups in total. The molecule has 5 rings (SSSR count). The lowest BCUT2D eigenvalue weighted by atomic mass is 9.74. The molecule has 180 valence electrons. The Bertz CT molecular complexity index is 1150. The number of ether oxygens (including phenoxy) is 1. The third kappa shape index (κ3) is 4.38. The molecule has 1 aromatic heterocycles. The van der Waals surface area contributed by atoms with Gasteiger partial charge in [0.15, 0.2) is 0 Å². The average molecular weight is 463 g/mol. The van der Waals surface area contributed by atoms with Gasteiger partial charge in [-0.1, -0.05) is 48.5 Å². The standard InChI is InChI=1S/C28H34N2O4/c1-27-15-21(19-7-3-2-4-8-19)16-28(18-31,34-27)14-13-24(26(27)33)30-25(32)12-11-20-17-29-23-10-6-5-9-22(20)23/h2-10,17,21,24,26,29,31,33H,11-16,18H2,1H3,(H,30,32)/t21-,24-,26+,27+,28+/m1/s1. The highest BCUT2D eigenvalue weighted by Crippen LogP contribution is 2.49. The van der Waals surface area contributed by atoms with Crippen LogP contribution in [-0.2, 0) is 16.0 Å². The fourth-order valence-electron chi connectivity index (χ4n) is 6.08. The van der Waals surface area contributed by atoms with Crippen molar-refractivity contribution in [2.75, 3.05) is 6.61 Å². The summed E-state index contributed by atoms with van der Waals surface area (Å²) in [6.07, 6.45) is 4.59. The molecular weight excluding hydrogens is 428 g/mol. The van der Waals surface area contributed by atoms with Gasteiger partial charge in [-0.15, -0.1) is 0 Å². The molecule has 5 atom stereocenters. The molecule has 6 heteroatoms. The Morgan fingerprint density at radius 2 is 1.91 bits per heavy atom. The van der Waals surface area contributed by atoms with Crippen LogP contribution >= 0.6 is 0 Å². The minimum Gasteiger partial charge on any atom is -0.393 e. The number of aromatic nitrogens is 1. The molecule has 34 heavy (non-hydrogen) atoms. The minimum absolute atomic E-state index is 0.0768. The van der Waals surface area contributed by atoms with Crippen molar-refractivity contribution in [3.63, 3.8) is 0 Å². The van der Waals surface area contributed by atoms with Crippen molar-refractivity contribution in [2.24, 2.45) is 0 Å². The summed E-state index contributed by atoms with van der Waals surface area (Å²) in [5.41, 5.74) is 1.81. The van der Waals surface area contributed by atoms with E-state index in [9.17, 15) is 15.0 Å². The maximum Gasteiger partial charge on any atom is 0.220 e. The van der Waals surface area contributed by atoms with Crippen molar-refractivity contribution in [2.45, 2.75) is 74.7 Å². The van der Waals surface area contributed by atoms with Crippen LogP contribution in [0, 0.1) is 0 Å². The first-order chi connectivity index (χ1) is 16.4. The number of para-hydroxylation sites is 1. The van der Waals surface area contributed by atoms with Crippen molar-refractivity contribution in [3.8, 4) is 0 Å². The van der Waals surface area contributed by atoms with Crippen molar-refractivity contribution < 1.29 is 19.7 Å². The number of carbonyl (C=O) groups excluding carboxylic acids is 1. The molecule has 2 bridgehead atoms. The summed E-state index contributed by atoms with van der Waals surface area (Å²) in [5, 5.41) is 26.0. The zero-order valence-electron chi connectivity index (χ0n) is 19.7. The van der Waals surface area contributed by atoms with Gasteiger partial charge in [-0.3, -0.25) is 4.79 Å². The second-order valence-corrected chi connectivity index (χ2v) is 10.3. The van der Waals surface area contributed by atoms with Crippen molar-refractivity contribution in [1.82, 2.24) is 10.3 Å². The van der Waals surface area contributed by atoms with E-state index in [-0.39, 0.29) is 18.4 Å². The summed E-state index contributed by atoms with van der Waals surface area (Å²) >= 11 is 0. The number of aromatic amines is 1. The Labute approximate surface area is 200 Å². The van der Waals surface area contributed by atoms with E-state index in [0.29, 0.717) is 38.5 Å². The molecule has 3 aromatic rings. The topological polar surface area (TPSA) is 94.6 Å². The SMILES string of the molecule is C[C@]12C[C@@H](c3ccccc3)C[C@](CO)(CC[C@@H](NC(=O)CCc3c[nH]c4ccccc34)[C@@H]1O)O2. The lowest BCUT2D eigenvalue weighted by molar-refractivity contribution is -0.230. The number of aliphatic hydroxyl groups excluding tert-OH is 2. The van der Waals surface area contributed by atoms with Crippen LogP contribution in [-0.4, -0.2) is 51.1 Å². The van der Waals surface area contributed by atoms with E-state index in [1.54, 1.807) is 0 Å². The molecule has 0 spiro atoms. The average Bonchev–Trinajstić information content (AvgIpc) is 3.25. The third-order valence-corrected chi connectivity index (χ3v) is 7.84. The Morgan fingerprint density at radius 3 is 2.71 bits per heavy atom. The summed E-state index contributed by atoms with van der Waals surface area (Å²) < 4.78 is 6.46. The van der Waals surface area contributed by atoms with Crippen LogP contribution in [0.4, 0.5) is 0 Å². The van der Waals surface area contributed by atoms with Gasteiger partial charge >= 0.3 is 0 Å². The summed E-state index contributed by atoms with van der Waals surface area (Å²) in [6.45, 7) is 1.83. The molecule has 2 aliphatic heterocycles. The molecule has 0 radical (unpaired) electrons. The van der Waals surface area contributed by atoms with Crippen LogP contribution in [0.5, 0.6) is 0 Å². The zero-order valence-corrected chi connectivity index (χ0v) is 19.7. The van der Waals surface area contributed by atoms with Crippen LogP contribution in [0.1, 0.15) is 56.1 Å². The van der Waals surface area contributed by atoms with Crippen LogP contribution in [0.2, 0.25) is 0 Å². The molecule has 2 aromatic carbocycles. The van der Waals surface area contributed by atoms with E-state index in [2.05, 4.69) is 28.5 Å². The van der Waals surface area contributed by atoms with E-state index in [0.717, 1.165) is 16.5 Å². The van der Waals surface area contributed by atoms with Crippen LogP contribution in [0.25, 0.3) is 10.9 Å². The monoisotopic (exact) mass is 462 g/mol. The summed E-state index contributed by atoms with van der Waals surface area (Å²) in [7, 11) is 0. The highest BCUT2D eigenvalue weighted by Gasteiger charge is 2.54. The van der Waals surface area contributed by atoms with E-state index < -0.39 is 23.3 Å². The molecule has 2 aliphatic rings. The Hall–Kier alpha value is -2.67. The molecule has 1 amide bonds. The Balaban J connectivity index is 1.29. The first-order valence-electron chi connectivity index (χ1n) is 12.3. The second-order valence-electron chi connectivity index (χ2n) is 10.3. The lowest BCUT2D eigenvalue weighted by Gasteiger charge is -2.49. The molecule has 3 heterocycles. The van der Waals surface area contributed by atoms with Gasteiger partial charge in [-0.05, 0) is 62.1 Å². The number of amides is 1. The zero-order chi connectivity index (χ0) is 23.8. The number of rotatable bonds is 6. The number of carbonyl (C=O) groups is 1. The van der Waals surface area contributed by atoms with Crippen LogP contribution < -0.4 is 5.32 Å². The molecule has 2 fully saturated rings. The number of aryl methyl sites for hydroxylation is 1. The molecule has 0 unspecified atom stereocenters. The fraction of sp³-hybridized carbons (Fsp3) is 0.464. The highest BCUT2D eigenvalue weighted by atomic mass is 16.5. The highest BCUT2D eigenvalue weighted by molar-refractivity contribution is 5.84. The van der Waals surface area contributed by atoms with E-state index in [4.69, 9.17) is 4.74 Å². The van der Waals surface area contributed by atoms with E-state index in [1.807, 2.05) is 49.5 Å². The van der Waals surface area contributed by atoms with E-state index >= 15 is 0 Å². The number of aliphatic hydroxyl groups is 2. The van der Waals surface area contributed by atoms with Crippen LogP contribution in [0.15, 0.2) is 60.8 Å². The second kappa shape index (κ2) is 9.17. The van der Waals surface area contributed by atoms with Gasteiger partial charge in [-0.25, -0.2) is 0 Å². The summed E-state index contributed by atoms with van der Waals surface area (Å²) in [4.78, 5) is 16.2. The smallest absolute Gasteiger partial charge is 0.220 e. The van der Waals surface area contributed by atoms with Crippen molar-refractivity contribution in [1.29, 1.82) is 0 Å². The summed E-state index contributed by atoms with van der Waals surface area (Å²) in [5.74, 6) is 0.102. The normalized spacial score (nSPS) is 31.2. The molecule has 2 saturated heterocycles. The van der Waals surface area contributed by atoms with Gasteiger partial charge in [0.1, 0.15) is 6.10 Å². The van der Waals surface area contributed by atoms with Gasteiger partial charge in [0.2, 0.25) is 5.91 Å². The molecule has 0 aliphatic carbocycles. The van der Waals surface area contributed by atoms with Gasteiger partial charge in [0.25, 0.3) is 0 Å². The third-order valence-electron chi connectivity index (χ3n) is 7.84. The van der Waals surface area contributed by atoms with Gasteiger partial charge in [0.05, 0.1) is 23.9 Å². The number of H-pyrrole nitrogens is 1. The maximum atomic E-state index is 12.9. The predicted octanol–water partition coefficient (Wildman–Crippen LogP) is 3.82. The number of hydrogen-bond acceptors (Lipinski definition) is 4. The van der Waals surface area contributed by atoms with Crippen LogP contribution in [0.3, 0.4) is 0 Å². The fourth-order valence-corrected chi connectivity index (χ4v) is 6.08. The minimum atomic E-state index is -0.857. The Kier molecular flexibility index (Phi) is 6.23. The van der Waals surface area contributed by atoms with Crippen molar-refractivity contribution in [3.05, 3.63) is 71.9 Å².